The molecular weight excluding hydrogens is 350 g/mol. The minimum atomic E-state index is -0.333. The Hall–Kier alpha value is -2.18. The summed E-state index contributed by atoms with van der Waals surface area (Å²) >= 11 is 6.08. The molecule has 2 heterocycles. The minimum absolute atomic E-state index is 0.105. The van der Waals surface area contributed by atoms with Crippen LogP contribution in [0.5, 0.6) is 0 Å². The predicted molar refractivity (Wildman–Crippen MR) is 103 cm³/mol. The molecule has 2 aromatic rings. The Kier molecular flexibility index (Phi) is 5.74. The monoisotopic (exact) mass is 373 g/mol. The summed E-state index contributed by atoms with van der Waals surface area (Å²) in [6, 6.07) is 9.52. The van der Waals surface area contributed by atoms with Crippen molar-refractivity contribution < 1.29 is 4.79 Å². The van der Waals surface area contributed by atoms with Gasteiger partial charge in [0.2, 0.25) is 11.9 Å². The standard InChI is InChI=1S/C19H24ClN5O/c1-19(2,15-5-3-6-16(20)13-15)23-14-17(26)24-9-11-25(12-10-24)18-21-7-4-8-22-18/h3-8,13,23H,9-12,14H2,1-2H3. The Balaban J connectivity index is 1.51. The highest BCUT2D eigenvalue weighted by Gasteiger charge is 2.25. The van der Waals surface area contributed by atoms with Gasteiger partial charge in [0.25, 0.3) is 0 Å². The molecule has 1 aliphatic heterocycles. The first kappa shape index (κ1) is 18.6. The number of carbonyl (C=O) groups is 1. The smallest absolute Gasteiger partial charge is 0.236 e. The van der Waals surface area contributed by atoms with Gasteiger partial charge in [-0.15, -0.1) is 0 Å². The molecule has 1 aromatic carbocycles. The van der Waals surface area contributed by atoms with Crippen molar-refractivity contribution in [3.05, 3.63) is 53.3 Å². The van der Waals surface area contributed by atoms with Crippen molar-refractivity contribution in [1.29, 1.82) is 0 Å². The first-order valence-corrected chi connectivity index (χ1v) is 9.14. The molecule has 26 heavy (non-hydrogen) atoms. The summed E-state index contributed by atoms with van der Waals surface area (Å²) in [5.74, 6) is 0.827. The third-order valence-corrected chi connectivity index (χ3v) is 4.93. The third-order valence-electron chi connectivity index (χ3n) is 4.70. The van der Waals surface area contributed by atoms with Gasteiger partial charge in [-0.2, -0.15) is 0 Å². The lowest BCUT2D eigenvalue weighted by Gasteiger charge is -2.35. The van der Waals surface area contributed by atoms with Crippen LogP contribution in [0.4, 0.5) is 5.95 Å². The molecule has 6 nitrogen and oxygen atoms in total. The summed E-state index contributed by atoms with van der Waals surface area (Å²) in [5, 5.41) is 4.05. The maximum atomic E-state index is 12.6. The number of nitrogens with one attached hydrogen (secondary N) is 1. The van der Waals surface area contributed by atoms with Crippen LogP contribution >= 0.6 is 11.6 Å². The van der Waals surface area contributed by atoms with E-state index in [2.05, 4.69) is 34.0 Å². The molecule has 1 N–H and O–H groups in total. The van der Waals surface area contributed by atoms with E-state index in [-0.39, 0.29) is 11.4 Å². The van der Waals surface area contributed by atoms with Crippen molar-refractivity contribution in [2.45, 2.75) is 19.4 Å². The molecule has 0 spiro atoms. The summed E-state index contributed by atoms with van der Waals surface area (Å²) in [6.45, 7) is 7.24. The fourth-order valence-corrected chi connectivity index (χ4v) is 3.19. The molecule has 0 atom stereocenters. The molecule has 0 unspecified atom stereocenters. The van der Waals surface area contributed by atoms with E-state index in [1.54, 1.807) is 18.5 Å². The zero-order valence-electron chi connectivity index (χ0n) is 15.2. The Morgan fingerprint density at radius 3 is 2.50 bits per heavy atom. The van der Waals surface area contributed by atoms with Gasteiger partial charge in [-0.3, -0.25) is 10.1 Å². The molecule has 1 aliphatic rings. The molecule has 138 valence electrons. The number of amides is 1. The first-order chi connectivity index (χ1) is 12.5. The lowest BCUT2D eigenvalue weighted by molar-refractivity contribution is -0.130. The first-order valence-electron chi connectivity index (χ1n) is 8.76. The summed E-state index contributed by atoms with van der Waals surface area (Å²) in [5.41, 5.74) is 0.726. The summed E-state index contributed by atoms with van der Waals surface area (Å²) in [6.07, 6.45) is 3.48. The van der Waals surface area contributed by atoms with Gasteiger partial charge in [0.05, 0.1) is 6.54 Å². The minimum Gasteiger partial charge on any atom is -0.338 e. The largest absolute Gasteiger partial charge is 0.338 e. The van der Waals surface area contributed by atoms with Gasteiger partial charge in [0, 0.05) is 49.1 Å². The Labute approximate surface area is 159 Å². The van der Waals surface area contributed by atoms with Crippen molar-refractivity contribution in [2.24, 2.45) is 0 Å². The zero-order valence-corrected chi connectivity index (χ0v) is 15.9. The molecule has 7 heteroatoms. The molecule has 1 fully saturated rings. The SMILES string of the molecule is CC(C)(NCC(=O)N1CCN(c2ncccn2)CC1)c1cccc(Cl)c1. The molecule has 0 bridgehead atoms. The van der Waals surface area contributed by atoms with Crippen LogP contribution in [0, 0.1) is 0 Å². The van der Waals surface area contributed by atoms with Crippen LogP contribution in [0.2, 0.25) is 5.02 Å². The topological polar surface area (TPSA) is 61.4 Å². The van der Waals surface area contributed by atoms with Crippen LogP contribution in [0.15, 0.2) is 42.7 Å². The second-order valence-electron chi connectivity index (χ2n) is 6.91. The van der Waals surface area contributed by atoms with Crippen LogP contribution in [-0.2, 0) is 10.3 Å². The molecular formula is C19H24ClN5O. The van der Waals surface area contributed by atoms with Crippen LogP contribution in [-0.4, -0.2) is 53.5 Å². The normalized spacial score (nSPS) is 15.2. The average molecular weight is 374 g/mol. The highest BCUT2D eigenvalue weighted by Crippen LogP contribution is 2.22. The van der Waals surface area contributed by atoms with Gasteiger partial charge in [0.15, 0.2) is 0 Å². The van der Waals surface area contributed by atoms with E-state index < -0.39 is 0 Å². The summed E-state index contributed by atoms with van der Waals surface area (Å²) < 4.78 is 0. The maximum Gasteiger partial charge on any atom is 0.236 e. The Morgan fingerprint density at radius 2 is 1.85 bits per heavy atom. The molecule has 0 saturated carbocycles. The van der Waals surface area contributed by atoms with Gasteiger partial charge < -0.3 is 9.80 Å². The van der Waals surface area contributed by atoms with E-state index in [4.69, 9.17) is 11.6 Å². The fraction of sp³-hybridized carbons (Fsp3) is 0.421. The van der Waals surface area contributed by atoms with E-state index in [1.807, 2.05) is 29.2 Å². The van der Waals surface area contributed by atoms with Crippen LogP contribution in [0.25, 0.3) is 0 Å². The molecule has 0 radical (unpaired) electrons. The van der Waals surface area contributed by atoms with Gasteiger partial charge >= 0.3 is 0 Å². The van der Waals surface area contributed by atoms with Crippen molar-refractivity contribution in [1.82, 2.24) is 20.2 Å². The van der Waals surface area contributed by atoms with Gasteiger partial charge in [-0.25, -0.2) is 9.97 Å². The fourth-order valence-electron chi connectivity index (χ4n) is 3.00. The lowest BCUT2D eigenvalue weighted by atomic mass is 9.94. The van der Waals surface area contributed by atoms with Crippen LogP contribution < -0.4 is 10.2 Å². The van der Waals surface area contributed by atoms with E-state index in [1.165, 1.54) is 0 Å². The highest BCUT2D eigenvalue weighted by molar-refractivity contribution is 6.30. The predicted octanol–water partition coefficient (Wildman–Crippen LogP) is 2.30. The van der Waals surface area contributed by atoms with Crippen LogP contribution in [0.1, 0.15) is 19.4 Å². The zero-order chi connectivity index (χ0) is 18.6. The number of halogens is 1. The van der Waals surface area contributed by atoms with Crippen molar-refractivity contribution in [3.63, 3.8) is 0 Å². The highest BCUT2D eigenvalue weighted by atomic mass is 35.5. The van der Waals surface area contributed by atoms with Crippen molar-refractivity contribution in [2.75, 3.05) is 37.6 Å². The summed E-state index contributed by atoms with van der Waals surface area (Å²) in [4.78, 5) is 25.1. The van der Waals surface area contributed by atoms with E-state index >= 15 is 0 Å². The average Bonchev–Trinajstić information content (AvgIpc) is 2.67. The number of anilines is 1. The number of benzene rings is 1. The quantitative estimate of drug-likeness (QED) is 0.871. The van der Waals surface area contributed by atoms with E-state index in [0.717, 1.165) is 24.6 Å². The lowest BCUT2D eigenvalue weighted by Crippen LogP contribution is -2.52. The second-order valence-corrected chi connectivity index (χ2v) is 7.34. The molecule has 1 aromatic heterocycles. The molecule has 1 amide bonds. The molecule has 3 rings (SSSR count). The Morgan fingerprint density at radius 1 is 1.15 bits per heavy atom. The third kappa shape index (κ3) is 4.51. The number of hydrogen-bond donors (Lipinski definition) is 1. The number of rotatable bonds is 5. The van der Waals surface area contributed by atoms with E-state index in [9.17, 15) is 4.79 Å². The number of piperazine rings is 1. The van der Waals surface area contributed by atoms with Crippen molar-refractivity contribution in [3.8, 4) is 0 Å². The van der Waals surface area contributed by atoms with Crippen molar-refractivity contribution >= 4 is 23.5 Å². The van der Waals surface area contributed by atoms with Gasteiger partial charge in [0.1, 0.15) is 0 Å². The number of hydrogen-bond acceptors (Lipinski definition) is 5. The van der Waals surface area contributed by atoms with E-state index in [0.29, 0.717) is 24.7 Å². The second kappa shape index (κ2) is 8.01. The number of nitrogens with zero attached hydrogens (tertiary/aromatic N) is 4. The number of aromatic nitrogens is 2. The molecule has 1 saturated heterocycles. The van der Waals surface area contributed by atoms with Gasteiger partial charge in [-0.1, -0.05) is 23.7 Å². The number of carbonyl (C=O) groups excluding carboxylic acids is 1. The maximum absolute atomic E-state index is 12.6. The van der Waals surface area contributed by atoms with Gasteiger partial charge in [-0.05, 0) is 37.6 Å². The molecule has 0 aliphatic carbocycles. The Bertz CT molecular complexity index is 745. The van der Waals surface area contributed by atoms with Crippen LogP contribution in [0.3, 0.4) is 0 Å². The summed E-state index contributed by atoms with van der Waals surface area (Å²) in [7, 11) is 0.